The lowest BCUT2D eigenvalue weighted by atomic mass is 10.1. The van der Waals surface area contributed by atoms with Gasteiger partial charge in [0.05, 0.1) is 32.1 Å². The molecular weight excluding hydrogens is 460 g/mol. The SMILES string of the molecule is CCCCCC[C@H](NC(=O)c1cc(-c2c(OC)cccc2OC)n(CC(C)C)n1)C(=O)NCCOC. The zero-order valence-corrected chi connectivity index (χ0v) is 22.6. The zero-order valence-electron chi connectivity index (χ0n) is 22.6. The summed E-state index contributed by atoms with van der Waals surface area (Å²) in [5, 5.41) is 10.4. The molecule has 2 rings (SSSR count). The first-order valence-corrected chi connectivity index (χ1v) is 12.7. The Hall–Kier alpha value is -3.07. The summed E-state index contributed by atoms with van der Waals surface area (Å²) in [4.78, 5) is 26.1. The molecule has 0 aliphatic rings. The molecule has 1 aromatic carbocycles. The smallest absolute Gasteiger partial charge is 0.272 e. The van der Waals surface area contributed by atoms with Gasteiger partial charge in [-0.05, 0) is 30.5 Å². The molecule has 1 heterocycles. The predicted molar refractivity (Wildman–Crippen MR) is 141 cm³/mol. The van der Waals surface area contributed by atoms with E-state index in [0.29, 0.717) is 43.3 Å². The minimum Gasteiger partial charge on any atom is -0.496 e. The number of carbonyl (C=O) groups is 2. The Labute approximate surface area is 214 Å². The maximum atomic E-state index is 13.3. The van der Waals surface area contributed by atoms with Gasteiger partial charge in [-0.3, -0.25) is 14.3 Å². The summed E-state index contributed by atoms with van der Waals surface area (Å²) in [6.07, 6.45) is 4.61. The Morgan fingerprint density at radius 3 is 2.33 bits per heavy atom. The van der Waals surface area contributed by atoms with Crippen molar-refractivity contribution in [3.63, 3.8) is 0 Å². The molecular formula is C27H42N4O5. The molecule has 0 aliphatic carbocycles. The van der Waals surface area contributed by atoms with E-state index in [1.807, 2.05) is 18.2 Å². The van der Waals surface area contributed by atoms with Crippen molar-refractivity contribution in [3.8, 4) is 22.8 Å². The average molecular weight is 503 g/mol. The molecule has 36 heavy (non-hydrogen) atoms. The van der Waals surface area contributed by atoms with Gasteiger partial charge in [0.1, 0.15) is 17.5 Å². The third-order valence-electron chi connectivity index (χ3n) is 5.81. The summed E-state index contributed by atoms with van der Waals surface area (Å²) >= 11 is 0. The van der Waals surface area contributed by atoms with Crippen LogP contribution in [0.1, 0.15) is 63.4 Å². The third kappa shape index (κ3) is 8.26. The lowest BCUT2D eigenvalue weighted by Crippen LogP contribution is -2.47. The minimum absolute atomic E-state index is 0.217. The molecule has 0 saturated carbocycles. The van der Waals surface area contributed by atoms with Crippen LogP contribution in [0, 0.1) is 5.92 Å². The summed E-state index contributed by atoms with van der Waals surface area (Å²) in [5.41, 5.74) is 1.68. The Balaban J connectivity index is 2.35. The van der Waals surface area contributed by atoms with E-state index in [1.54, 1.807) is 32.1 Å². The average Bonchev–Trinajstić information content (AvgIpc) is 3.27. The van der Waals surface area contributed by atoms with Gasteiger partial charge in [0, 0.05) is 20.2 Å². The first-order valence-electron chi connectivity index (χ1n) is 12.7. The van der Waals surface area contributed by atoms with E-state index in [1.165, 1.54) is 0 Å². The van der Waals surface area contributed by atoms with Crippen molar-refractivity contribution in [2.75, 3.05) is 34.5 Å². The molecule has 0 aliphatic heterocycles. The van der Waals surface area contributed by atoms with Crippen LogP contribution in [0.25, 0.3) is 11.3 Å². The first-order chi connectivity index (χ1) is 17.4. The third-order valence-corrected chi connectivity index (χ3v) is 5.81. The standard InChI is InChI=1S/C27H42N4O5/c1-7-8-9-10-12-20(26(32)28-15-16-34-4)29-27(33)21-17-22(31(30-21)18-19(2)3)25-23(35-5)13-11-14-24(25)36-6/h11,13-14,17,19-20H,7-10,12,15-16,18H2,1-6H3,(H,28,32)(H,29,33)/t20-/m0/s1. The summed E-state index contributed by atoms with van der Waals surface area (Å²) < 4.78 is 18.0. The van der Waals surface area contributed by atoms with Gasteiger partial charge in [0.25, 0.3) is 5.91 Å². The highest BCUT2D eigenvalue weighted by Gasteiger charge is 2.25. The molecule has 2 amide bonds. The fourth-order valence-corrected chi connectivity index (χ4v) is 3.99. The number of benzene rings is 1. The van der Waals surface area contributed by atoms with Crippen LogP contribution in [-0.4, -0.2) is 62.1 Å². The number of hydrogen-bond acceptors (Lipinski definition) is 6. The number of nitrogens with one attached hydrogen (secondary N) is 2. The number of amides is 2. The van der Waals surface area contributed by atoms with Gasteiger partial charge < -0.3 is 24.8 Å². The van der Waals surface area contributed by atoms with Gasteiger partial charge in [-0.1, -0.05) is 52.5 Å². The van der Waals surface area contributed by atoms with Crippen LogP contribution in [0.4, 0.5) is 0 Å². The molecule has 0 unspecified atom stereocenters. The molecule has 1 atom stereocenters. The molecule has 0 bridgehead atoms. The van der Waals surface area contributed by atoms with E-state index in [4.69, 9.17) is 14.2 Å². The predicted octanol–water partition coefficient (Wildman–Crippen LogP) is 4.05. The molecule has 0 fully saturated rings. The second-order valence-electron chi connectivity index (χ2n) is 9.19. The van der Waals surface area contributed by atoms with Crippen molar-refractivity contribution in [2.24, 2.45) is 5.92 Å². The highest BCUT2D eigenvalue weighted by atomic mass is 16.5. The molecule has 200 valence electrons. The summed E-state index contributed by atoms with van der Waals surface area (Å²) in [5.74, 6) is 0.924. The Morgan fingerprint density at radius 2 is 1.75 bits per heavy atom. The Morgan fingerprint density at radius 1 is 1.06 bits per heavy atom. The van der Waals surface area contributed by atoms with Crippen LogP contribution in [0.2, 0.25) is 0 Å². The number of rotatable bonds is 16. The molecule has 9 heteroatoms. The number of methoxy groups -OCH3 is 3. The highest BCUT2D eigenvalue weighted by Crippen LogP contribution is 2.38. The summed E-state index contributed by atoms with van der Waals surface area (Å²) in [6.45, 7) is 7.70. The van der Waals surface area contributed by atoms with E-state index in [0.717, 1.165) is 31.2 Å². The van der Waals surface area contributed by atoms with Gasteiger partial charge in [-0.25, -0.2) is 0 Å². The lowest BCUT2D eigenvalue weighted by Gasteiger charge is -2.18. The zero-order chi connectivity index (χ0) is 26.5. The number of nitrogens with zero attached hydrogens (tertiary/aromatic N) is 2. The first kappa shape index (κ1) is 29.2. The number of ether oxygens (including phenoxy) is 3. The van der Waals surface area contributed by atoms with Crippen LogP contribution < -0.4 is 20.1 Å². The van der Waals surface area contributed by atoms with E-state index >= 15 is 0 Å². The molecule has 0 spiro atoms. The number of unbranched alkanes of at least 4 members (excludes halogenated alkanes) is 3. The Kier molecular flexibility index (Phi) is 12.3. The van der Waals surface area contributed by atoms with Gasteiger partial charge in [-0.15, -0.1) is 0 Å². The monoisotopic (exact) mass is 502 g/mol. The molecule has 9 nitrogen and oxygen atoms in total. The molecule has 1 aromatic heterocycles. The molecule has 2 aromatic rings. The molecule has 0 saturated heterocycles. The van der Waals surface area contributed by atoms with Crippen molar-refractivity contribution in [1.82, 2.24) is 20.4 Å². The van der Waals surface area contributed by atoms with Gasteiger partial charge in [-0.2, -0.15) is 5.10 Å². The van der Waals surface area contributed by atoms with E-state index in [2.05, 4.69) is 36.5 Å². The lowest BCUT2D eigenvalue weighted by molar-refractivity contribution is -0.123. The molecule has 2 N–H and O–H groups in total. The Bertz CT molecular complexity index is 951. The normalized spacial score (nSPS) is 11.9. The fourth-order valence-electron chi connectivity index (χ4n) is 3.99. The quantitative estimate of drug-likeness (QED) is 0.336. The van der Waals surface area contributed by atoms with Gasteiger partial charge >= 0.3 is 0 Å². The van der Waals surface area contributed by atoms with Crippen molar-refractivity contribution in [2.45, 2.75) is 65.5 Å². The molecule has 0 radical (unpaired) electrons. The highest BCUT2D eigenvalue weighted by molar-refractivity contribution is 5.97. The van der Waals surface area contributed by atoms with Crippen molar-refractivity contribution in [3.05, 3.63) is 30.0 Å². The van der Waals surface area contributed by atoms with Crippen LogP contribution >= 0.6 is 0 Å². The topological polar surface area (TPSA) is 104 Å². The number of aromatic nitrogens is 2. The maximum absolute atomic E-state index is 13.3. The van der Waals surface area contributed by atoms with Gasteiger partial charge in [0.15, 0.2) is 5.69 Å². The van der Waals surface area contributed by atoms with Crippen LogP contribution in [-0.2, 0) is 16.1 Å². The largest absolute Gasteiger partial charge is 0.496 e. The van der Waals surface area contributed by atoms with Gasteiger partial charge in [0.2, 0.25) is 5.91 Å². The number of carbonyl (C=O) groups excluding carboxylic acids is 2. The van der Waals surface area contributed by atoms with E-state index < -0.39 is 11.9 Å². The second kappa shape index (κ2) is 15.1. The fraction of sp³-hybridized carbons (Fsp3) is 0.593. The summed E-state index contributed by atoms with van der Waals surface area (Å²) in [7, 11) is 4.78. The van der Waals surface area contributed by atoms with Crippen LogP contribution in [0.15, 0.2) is 24.3 Å². The van der Waals surface area contributed by atoms with Crippen molar-refractivity contribution < 1.29 is 23.8 Å². The van der Waals surface area contributed by atoms with Crippen molar-refractivity contribution >= 4 is 11.8 Å². The minimum atomic E-state index is -0.647. The van der Waals surface area contributed by atoms with Crippen molar-refractivity contribution in [1.29, 1.82) is 0 Å². The summed E-state index contributed by atoms with van der Waals surface area (Å²) in [6, 6.07) is 6.63. The second-order valence-corrected chi connectivity index (χ2v) is 9.19. The maximum Gasteiger partial charge on any atom is 0.272 e. The van der Waals surface area contributed by atoms with Crippen LogP contribution in [0.5, 0.6) is 11.5 Å². The number of hydrogen-bond donors (Lipinski definition) is 2. The van der Waals surface area contributed by atoms with E-state index in [9.17, 15) is 9.59 Å². The van der Waals surface area contributed by atoms with Crippen LogP contribution in [0.3, 0.4) is 0 Å². The van der Waals surface area contributed by atoms with E-state index in [-0.39, 0.29) is 17.5 Å².